The molecule has 0 aromatic heterocycles. The fraction of sp³-hybridized carbons (Fsp3) is 0.478. The number of carbonyl (C=O) groups excluding carboxylic acids is 1. The van der Waals surface area contributed by atoms with Crippen molar-refractivity contribution in [2.45, 2.75) is 49.5 Å². The highest BCUT2D eigenvalue weighted by atomic mass is 16.8. The molecule has 0 unspecified atom stereocenters. The average Bonchev–Trinajstić information content (AvgIpc) is 3.13. The molecule has 12 nitrogen and oxygen atoms in total. The van der Waals surface area contributed by atoms with Crippen LogP contribution in [0.15, 0.2) is 48.3 Å². The van der Waals surface area contributed by atoms with Gasteiger partial charge in [-0.3, -0.25) is 0 Å². The molecule has 2 fully saturated rings. The van der Waals surface area contributed by atoms with Crippen LogP contribution in [0.5, 0.6) is 5.75 Å². The van der Waals surface area contributed by atoms with Crippen LogP contribution in [-0.4, -0.2) is 92.3 Å². The monoisotopic (exact) mass is 494 g/mol. The summed E-state index contributed by atoms with van der Waals surface area (Å²) < 4.78 is 21.8. The minimum Gasteiger partial charge on any atom is -0.508 e. The van der Waals surface area contributed by atoms with Crippen LogP contribution < -0.4 is 0 Å². The van der Waals surface area contributed by atoms with Gasteiger partial charge in [-0.15, -0.1) is 0 Å². The van der Waals surface area contributed by atoms with Gasteiger partial charge in [-0.2, -0.15) is 0 Å². The van der Waals surface area contributed by atoms with E-state index in [0.29, 0.717) is 0 Å². The lowest BCUT2D eigenvalue weighted by molar-refractivity contribution is -0.339. The van der Waals surface area contributed by atoms with Crippen molar-refractivity contribution in [3.8, 4) is 5.75 Å². The molecule has 35 heavy (non-hydrogen) atoms. The summed E-state index contributed by atoms with van der Waals surface area (Å²) in [5.74, 6) is -3.47. The molecule has 0 bridgehead atoms. The fourth-order valence-corrected chi connectivity index (χ4v) is 4.48. The summed E-state index contributed by atoms with van der Waals surface area (Å²) in [7, 11) is 0. The average molecular weight is 494 g/mol. The summed E-state index contributed by atoms with van der Waals surface area (Å²) in [6, 6.07) is 5.25. The van der Waals surface area contributed by atoms with Crippen molar-refractivity contribution < 1.29 is 59.2 Å². The number of carbonyl (C=O) groups is 2. The standard InChI is InChI=1S/C23H26O12/c1-9-14(25)6-12-13(20(29)30)7-33-22(16(9)12)35-23-19(28)18(27)17(26)15(34-23)8-32-21(31)10-2-4-11(24)5-3-10/h2-5,7,12,14-19,22-28H,1,6,8H2,(H,29,30)/t12-,14+,15-,16-,17-,18+,19-,22+,23+/m1/s1. The van der Waals surface area contributed by atoms with E-state index in [1.54, 1.807) is 0 Å². The molecule has 190 valence electrons. The third kappa shape index (κ3) is 4.89. The predicted octanol–water partition coefficient (Wildman–Crippen LogP) is -0.749. The van der Waals surface area contributed by atoms with E-state index in [2.05, 4.69) is 6.58 Å². The molecule has 2 heterocycles. The SMILES string of the molecule is C=C1[C@H]2[C@H](O[C@@H]3O[C@H](COC(=O)c4ccc(O)cc4)[C@@H](O)[C@H](O)[C@H]3O)OC=C(C(=O)O)[C@H]2C[C@@H]1O. The van der Waals surface area contributed by atoms with Crippen LogP contribution in [0.25, 0.3) is 0 Å². The zero-order valence-electron chi connectivity index (χ0n) is 18.3. The number of rotatable bonds is 6. The van der Waals surface area contributed by atoms with Crippen LogP contribution >= 0.6 is 0 Å². The van der Waals surface area contributed by atoms with Gasteiger partial charge in [0, 0.05) is 5.92 Å². The molecule has 0 amide bonds. The maximum Gasteiger partial charge on any atom is 0.338 e. The minimum absolute atomic E-state index is 0.0420. The van der Waals surface area contributed by atoms with Gasteiger partial charge in [0.15, 0.2) is 6.29 Å². The van der Waals surface area contributed by atoms with Crippen LogP contribution in [0.4, 0.5) is 0 Å². The summed E-state index contributed by atoms with van der Waals surface area (Å²) in [4.78, 5) is 23.8. The third-order valence-corrected chi connectivity index (χ3v) is 6.45. The normalized spacial score (nSPS) is 36.6. The number of aliphatic hydroxyl groups excluding tert-OH is 4. The second-order valence-electron chi connectivity index (χ2n) is 8.64. The Hall–Kier alpha value is -3.00. The number of esters is 1. The van der Waals surface area contributed by atoms with E-state index in [-0.39, 0.29) is 28.9 Å². The second kappa shape index (κ2) is 9.93. The predicted molar refractivity (Wildman–Crippen MR) is 113 cm³/mol. The Kier molecular flexibility index (Phi) is 7.12. The van der Waals surface area contributed by atoms with E-state index >= 15 is 0 Å². The number of aliphatic hydroxyl groups is 4. The number of phenolic OH excluding ortho intramolecular Hbond substituents is 1. The van der Waals surface area contributed by atoms with Crippen molar-refractivity contribution in [2.24, 2.45) is 11.8 Å². The molecule has 1 saturated carbocycles. The highest BCUT2D eigenvalue weighted by molar-refractivity contribution is 5.89. The Morgan fingerprint density at radius 1 is 1.03 bits per heavy atom. The molecule has 1 aromatic carbocycles. The Morgan fingerprint density at radius 3 is 2.37 bits per heavy atom. The first-order valence-corrected chi connectivity index (χ1v) is 10.8. The lowest BCUT2D eigenvalue weighted by Gasteiger charge is -2.42. The smallest absolute Gasteiger partial charge is 0.338 e. The molecule has 1 aromatic rings. The third-order valence-electron chi connectivity index (χ3n) is 6.45. The van der Waals surface area contributed by atoms with Gasteiger partial charge in [-0.05, 0) is 36.3 Å². The number of phenols is 1. The quantitative estimate of drug-likeness (QED) is 0.214. The summed E-state index contributed by atoms with van der Waals surface area (Å²) in [6.45, 7) is 3.30. The van der Waals surface area contributed by atoms with Crippen molar-refractivity contribution in [3.05, 3.63) is 53.8 Å². The molecule has 4 rings (SSSR count). The molecule has 2 aliphatic heterocycles. The molecule has 9 atom stereocenters. The van der Waals surface area contributed by atoms with Gasteiger partial charge < -0.3 is 49.6 Å². The molecule has 0 radical (unpaired) electrons. The number of benzene rings is 1. The lowest BCUT2D eigenvalue weighted by Crippen LogP contribution is -2.60. The topological polar surface area (TPSA) is 192 Å². The second-order valence-corrected chi connectivity index (χ2v) is 8.64. The largest absolute Gasteiger partial charge is 0.508 e. The number of ether oxygens (including phenoxy) is 4. The number of carboxylic acid groups (broad SMARTS) is 1. The van der Waals surface area contributed by atoms with Crippen molar-refractivity contribution in [1.29, 1.82) is 0 Å². The van der Waals surface area contributed by atoms with Crippen LogP contribution in [0.1, 0.15) is 16.8 Å². The van der Waals surface area contributed by atoms with Crippen LogP contribution in [0, 0.1) is 11.8 Å². The highest BCUT2D eigenvalue weighted by Crippen LogP contribution is 2.46. The Labute approximate surface area is 199 Å². The van der Waals surface area contributed by atoms with Gasteiger partial charge in [-0.1, -0.05) is 6.58 Å². The summed E-state index contributed by atoms with van der Waals surface area (Å²) >= 11 is 0. The number of carboxylic acids is 1. The van der Waals surface area contributed by atoms with Crippen LogP contribution in [0.3, 0.4) is 0 Å². The summed E-state index contributed by atoms with van der Waals surface area (Å²) in [5.41, 5.74) is 0.353. The first kappa shape index (κ1) is 25.1. The Morgan fingerprint density at radius 2 is 1.71 bits per heavy atom. The van der Waals surface area contributed by atoms with E-state index in [1.807, 2.05) is 0 Å². The minimum atomic E-state index is -1.73. The van der Waals surface area contributed by atoms with E-state index in [0.717, 1.165) is 6.26 Å². The summed E-state index contributed by atoms with van der Waals surface area (Å²) in [6.07, 6.45) is -9.03. The first-order valence-electron chi connectivity index (χ1n) is 10.8. The van der Waals surface area contributed by atoms with Gasteiger partial charge >= 0.3 is 11.9 Å². The van der Waals surface area contributed by atoms with Crippen LogP contribution in [-0.2, 0) is 23.7 Å². The number of hydrogen-bond acceptors (Lipinski definition) is 11. The first-order chi connectivity index (χ1) is 16.6. The Balaban J connectivity index is 1.45. The van der Waals surface area contributed by atoms with Crippen molar-refractivity contribution in [1.82, 2.24) is 0 Å². The fourth-order valence-electron chi connectivity index (χ4n) is 4.48. The summed E-state index contributed by atoms with van der Waals surface area (Å²) in [5, 5.41) is 60.0. The molecule has 1 aliphatic carbocycles. The maximum atomic E-state index is 12.2. The highest BCUT2D eigenvalue weighted by Gasteiger charge is 2.52. The van der Waals surface area contributed by atoms with Gasteiger partial charge in [-0.25, -0.2) is 9.59 Å². The Bertz CT molecular complexity index is 1000. The van der Waals surface area contributed by atoms with E-state index in [9.17, 15) is 40.2 Å². The molecule has 12 heteroatoms. The number of aromatic hydroxyl groups is 1. The van der Waals surface area contributed by atoms with Crippen molar-refractivity contribution in [2.75, 3.05) is 6.61 Å². The lowest BCUT2D eigenvalue weighted by atomic mass is 9.85. The van der Waals surface area contributed by atoms with E-state index in [1.165, 1.54) is 24.3 Å². The van der Waals surface area contributed by atoms with Crippen molar-refractivity contribution in [3.63, 3.8) is 0 Å². The van der Waals surface area contributed by atoms with E-state index < -0.39 is 73.5 Å². The van der Waals surface area contributed by atoms with Crippen LogP contribution in [0.2, 0.25) is 0 Å². The number of hydrogen-bond donors (Lipinski definition) is 6. The molecular weight excluding hydrogens is 468 g/mol. The zero-order chi connectivity index (χ0) is 25.4. The van der Waals surface area contributed by atoms with E-state index in [4.69, 9.17) is 18.9 Å². The van der Waals surface area contributed by atoms with Crippen molar-refractivity contribution >= 4 is 11.9 Å². The zero-order valence-corrected chi connectivity index (χ0v) is 18.3. The molecular formula is C23H26O12. The van der Waals surface area contributed by atoms with Gasteiger partial charge in [0.05, 0.1) is 29.4 Å². The van der Waals surface area contributed by atoms with Gasteiger partial charge in [0.1, 0.15) is 36.8 Å². The molecule has 0 spiro atoms. The number of aliphatic carboxylic acids is 1. The molecule has 3 aliphatic rings. The van der Waals surface area contributed by atoms with Gasteiger partial charge in [0.25, 0.3) is 0 Å². The number of fused-ring (bicyclic) bond motifs is 1. The molecule has 6 N–H and O–H groups in total. The maximum absolute atomic E-state index is 12.2. The van der Waals surface area contributed by atoms with Gasteiger partial charge in [0.2, 0.25) is 6.29 Å². The molecule has 1 saturated heterocycles.